The molecule has 0 fully saturated rings. The predicted octanol–water partition coefficient (Wildman–Crippen LogP) is 3.84. The highest BCUT2D eigenvalue weighted by Crippen LogP contribution is 2.32. The maximum Gasteiger partial charge on any atom is 0.118 e. The molecule has 0 saturated carbocycles. The quantitative estimate of drug-likeness (QED) is 0.856. The maximum atomic E-state index is 5.17. The molecular formula is C16H15NO. The summed E-state index contributed by atoms with van der Waals surface area (Å²) in [6, 6.07) is 14.6. The van der Waals surface area contributed by atoms with E-state index < -0.39 is 0 Å². The van der Waals surface area contributed by atoms with E-state index in [-0.39, 0.29) is 0 Å². The van der Waals surface area contributed by atoms with Gasteiger partial charge in [-0.3, -0.25) is 0 Å². The molecule has 2 aromatic carbocycles. The Bertz CT molecular complexity index is 599. The van der Waals surface area contributed by atoms with Crippen molar-refractivity contribution in [1.82, 2.24) is 0 Å². The first-order valence-electron chi connectivity index (χ1n) is 5.98. The lowest BCUT2D eigenvalue weighted by atomic mass is 10.0. The number of methoxy groups -OCH3 is 1. The third-order valence-electron chi connectivity index (χ3n) is 3.25. The Hall–Kier alpha value is -2.22. The number of ether oxygens (including phenoxy) is 1. The minimum absolute atomic E-state index is 0.881. The largest absolute Gasteiger partial charge is 0.497 e. The molecule has 0 unspecified atom stereocenters. The van der Waals surface area contributed by atoms with E-state index in [0.717, 1.165) is 17.9 Å². The molecule has 2 nitrogen and oxygen atoms in total. The Morgan fingerprint density at radius 3 is 2.50 bits per heavy atom. The van der Waals surface area contributed by atoms with Gasteiger partial charge in [0.2, 0.25) is 0 Å². The zero-order valence-electron chi connectivity index (χ0n) is 10.4. The number of benzene rings is 2. The minimum atomic E-state index is 0.881. The van der Waals surface area contributed by atoms with Crippen molar-refractivity contribution < 1.29 is 4.74 Å². The molecule has 0 radical (unpaired) electrons. The van der Waals surface area contributed by atoms with Crippen LogP contribution in [0, 0.1) is 0 Å². The Morgan fingerprint density at radius 2 is 1.78 bits per heavy atom. The zero-order chi connectivity index (χ0) is 12.5. The summed E-state index contributed by atoms with van der Waals surface area (Å²) in [4.78, 5) is 0. The lowest BCUT2D eigenvalue weighted by Gasteiger charge is -2.06. The second-order valence-electron chi connectivity index (χ2n) is 4.51. The molecule has 18 heavy (non-hydrogen) atoms. The van der Waals surface area contributed by atoms with E-state index in [0.29, 0.717) is 0 Å². The number of nitrogens with one attached hydrogen (secondary N) is 1. The van der Waals surface area contributed by atoms with Crippen molar-refractivity contribution >= 4 is 5.69 Å². The molecule has 3 rings (SSSR count). The van der Waals surface area contributed by atoms with Gasteiger partial charge in [-0.2, -0.15) is 0 Å². The molecule has 0 atom stereocenters. The van der Waals surface area contributed by atoms with Gasteiger partial charge < -0.3 is 10.1 Å². The maximum absolute atomic E-state index is 5.17. The van der Waals surface area contributed by atoms with Crippen molar-refractivity contribution in [1.29, 1.82) is 0 Å². The van der Waals surface area contributed by atoms with E-state index in [1.165, 1.54) is 22.4 Å². The normalized spacial score (nSPS) is 13.1. The minimum Gasteiger partial charge on any atom is -0.497 e. The van der Waals surface area contributed by atoms with Crippen LogP contribution < -0.4 is 10.1 Å². The lowest BCUT2D eigenvalue weighted by Crippen LogP contribution is -1.88. The summed E-state index contributed by atoms with van der Waals surface area (Å²) in [7, 11) is 1.68. The summed E-state index contributed by atoms with van der Waals surface area (Å²) < 4.78 is 5.17. The molecule has 2 aromatic rings. The van der Waals surface area contributed by atoms with Crippen molar-refractivity contribution in [2.45, 2.75) is 6.42 Å². The van der Waals surface area contributed by atoms with Gasteiger partial charge in [-0.05, 0) is 34.9 Å². The summed E-state index contributed by atoms with van der Waals surface area (Å²) in [6.45, 7) is 3.97. The van der Waals surface area contributed by atoms with Crippen LogP contribution in [-0.2, 0) is 6.42 Å². The molecule has 0 aromatic heterocycles. The summed E-state index contributed by atoms with van der Waals surface area (Å²) in [6.07, 6.45) is 0.929. The molecule has 1 aliphatic heterocycles. The number of hydrogen-bond acceptors (Lipinski definition) is 2. The first-order chi connectivity index (χ1) is 8.76. The molecule has 1 N–H and O–H groups in total. The first kappa shape index (κ1) is 10.9. The fourth-order valence-corrected chi connectivity index (χ4v) is 2.27. The molecule has 0 amide bonds. The Kier molecular flexibility index (Phi) is 2.56. The SMILES string of the molecule is C=C1Cc2ccc(-c3ccc(OC)cc3)cc2N1. The second kappa shape index (κ2) is 4.22. The van der Waals surface area contributed by atoms with Gasteiger partial charge in [-0.15, -0.1) is 0 Å². The highest BCUT2D eigenvalue weighted by atomic mass is 16.5. The van der Waals surface area contributed by atoms with Crippen molar-refractivity contribution in [3.05, 3.63) is 60.3 Å². The molecule has 90 valence electrons. The Labute approximate surface area is 107 Å². The summed E-state index contributed by atoms with van der Waals surface area (Å²) in [5.74, 6) is 0.881. The van der Waals surface area contributed by atoms with Gasteiger partial charge in [0.25, 0.3) is 0 Å². The van der Waals surface area contributed by atoms with Crippen molar-refractivity contribution in [2.24, 2.45) is 0 Å². The molecule has 0 aliphatic carbocycles. The average molecular weight is 237 g/mol. The van der Waals surface area contributed by atoms with Crippen LogP contribution in [0.15, 0.2) is 54.7 Å². The van der Waals surface area contributed by atoms with Crippen LogP contribution in [0.5, 0.6) is 5.75 Å². The van der Waals surface area contributed by atoms with Gasteiger partial charge in [0.1, 0.15) is 5.75 Å². The van der Waals surface area contributed by atoms with Gasteiger partial charge in [0.15, 0.2) is 0 Å². The van der Waals surface area contributed by atoms with Crippen LogP contribution in [0.25, 0.3) is 11.1 Å². The van der Waals surface area contributed by atoms with E-state index >= 15 is 0 Å². The van der Waals surface area contributed by atoms with Crippen molar-refractivity contribution in [2.75, 3.05) is 12.4 Å². The highest BCUT2D eigenvalue weighted by Gasteiger charge is 2.13. The molecular weight excluding hydrogens is 222 g/mol. The number of rotatable bonds is 2. The monoisotopic (exact) mass is 237 g/mol. The van der Waals surface area contributed by atoms with Gasteiger partial charge in [-0.1, -0.05) is 30.8 Å². The molecule has 0 spiro atoms. The van der Waals surface area contributed by atoms with Crippen LogP contribution in [0.2, 0.25) is 0 Å². The molecule has 2 heteroatoms. The van der Waals surface area contributed by atoms with E-state index in [2.05, 4.69) is 42.2 Å². The zero-order valence-corrected chi connectivity index (χ0v) is 10.4. The highest BCUT2D eigenvalue weighted by molar-refractivity contribution is 5.73. The topological polar surface area (TPSA) is 21.3 Å². The Morgan fingerprint density at radius 1 is 1.06 bits per heavy atom. The van der Waals surface area contributed by atoms with Crippen LogP contribution in [0.4, 0.5) is 5.69 Å². The van der Waals surface area contributed by atoms with Crippen molar-refractivity contribution in [3.63, 3.8) is 0 Å². The fourth-order valence-electron chi connectivity index (χ4n) is 2.27. The average Bonchev–Trinajstić information content (AvgIpc) is 2.78. The van der Waals surface area contributed by atoms with E-state index in [1.54, 1.807) is 7.11 Å². The molecule has 1 aliphatic rings. The van der Waals surface area contributed by atoms with Crippen LogP contribution >= 0.6 is 0 Å². The van der Waals surface area contributed by atoms with E-state index in [9.17, 15) is 0 Å². The van der Waals surface area contributed by atoms with Crippen molar-refractivity contribution in [3.8, 4) is 16.9 Å². The smallest absolute Gasteiger partial charge is 0.118 e. The summed E-state index contributed by atoms with van der Waals surface area (Å²) in [5.41, 5.74) is 5.96. The summed E-state index contributed by atoms with van der Waals surface area (Å²) in [5, 5.41) is 3.31. The number of anilines is 1. The van der Waals surface area contributed by atoms with E-state index in [4.69, 9.17) is 4.74 Å². The van der Waals surface area contributed by atoms with Crippen LogP contribution in [0.3, 0.4) is 0 Å². The third-order valence-corrected chi connectivity index (χ3v) is 3.25. The Balaban J connectivity index is 1.97. The number of hydrogen-bond donors (Lipinski definition) is 1. The van der Waals surface area contributed by atoms with Gasteiger partial charge in [0, 0.05) is 17.8 Å². The number of fused-ring (bicyclic) bond motifs is 1. The van der Waals surface area contributed by atoms with Gasteiger partial charge in [0.05, 0.1) is 7.11 Å². The first-order valence-corrected chi connectivity index (χ1v) is 5.98. The third kappa shape index (κ3) is 1.86. The van der Waals surface area contributed by atoms with Gasteiger partial charge >= 0.3 is 0 Å². The number of allylic oxidation sites excluding steroid dienone is 1. The standard InChI is InChI=1S/C16H15NO/c1-11-9-14-4-3-13(10-16(14)17-11)12-5-7-15(18-2)8-6-12/h3-8,10,17H,1,9H2,2H3. The van der Waals surface area contributed by atoms with Gasteiger partial charge in [-0.25, -0.2) is 0 Å². The second-order valence-corrected chi connectivity index (χ2v) is 4.51. The predicted molar refractivity (Wildman–Crippen MR) is 74.9 cm³/mol. The summed E-state index contributed by atoms with van der Waals surface area (Å²) >= 11 is 0. The molecule has 1 heterocycles. The van der Waals surface area contributed by atoms with Crippen LogP contribution in [0.1, 0.15) is 5.56 Å². The fraction of sp³-hybridized carbons (Fsp3) is 0.125. The van der Waals surface area contributed by atoms with Crippen LogP contribution in [-0.4, -0.2) is 7.11 Å². The van der Waals surface area contributed by atoms with E-state index in [1.807, 2.05) is 12.1 Å². The molecule has 0 saturated heterocycles. The molecule has 0 bridgehead atoms. The lowest BCUT2D eigenvalue weighted by molar-refractivity contribution is 0.415.